The largest absolute Gasteiger partial charge is 0.497 e. The maximum absolute atomic E-state index is 13.2. The molecule has 0 fully saturated rings. The van der Waals surface area contributed by atoms with Gasteiger partial charge in [-0.2, -0.15) is 0 Å². The van der Waals surface area contributed by atoms with Crippen molar-refractivity contribution in [1.29, 1.82) is 0 Å². The van der Waals surface area contributed by atoms with Crippen LogP contribution in [0.1, 0.15) is 6.92 Å². The van der Waals surface area contributed by atoms with E-state index in [0.29, 0.717) is 11.4 Å². The van der Waals surface area contributed by atoms with E-state index < -0.39 is 27.8 Å². The van der Waals surface area contributed by atoms with E-state index >= 15 is 0 Å². The van der Waals surface area contributed by atoms with Crippen LogP contribution in [0.2, 0.25) is 0 Å². The minimum Gasteiger partial charge on any atom is -0.497 e. The number of methoxy groups -OCH3 is 1. The molecule has 0 bridgehead atoms. The first kappa shape index (κ1) is 18.7. The first-order valence-corrected chi connectivity index (χ1v) is 9.27. The van der Waals surface area contributed by atoms with Crippen LogP contribution in [0.3, 0.4) is 0 Å². The van der Waals surface area contributed by atoms with Crippen molar-refractivity contribution in [3.63, 3.8) is 0 Å². The lowest BCUT2D eigenvalue weighted by Crippen LogP contribution is -2.45. The summed E-state index contributed by atoms with van der Waals surface area (Å²) in [4.78, 5) is 12.4. The highest BCUT2D eigenvalue weighted by molar-refractivity contribution is 7.92. The molecular weight excluding hydrogens is 347 g/mol. The number of benzene rings is 2. The molecule has 134 valence electrons. The number of nitrogens with one attached hydrogen (secondary N) is 1. The summed E-state index contributed by atoms with van der Waals surface area (Å²) in [6.07, 6.45) is 1.02. The molecule has 0 aromatic heterocycles. The zero-order chi connectivity index (χ0) is 18.6. The predicted molar refractivity (Wildman–Crippen MR) is 94.8 cm³/mol. The van der Waals surface area contributed by atoms with E-state index in [1.165, 1.54) is 32.2 Å². The van der Waals surface area contributed by atoms with Gasteiger partial charge < -0.3 is 10.1 Å². The molecule has 0 saturated heterocycles. The van der Waals surface area contributed by atoms with Gasteiger partial charge in [0.25, 0.3) is 0 Å². The van der Waals surface area contributed by atoms with E-state index in [2.05, 4.69) is 5.32 Å². The van der Waals surface area contributed by atoms with E-state index in [0.717, 1.165) is 16.6 Å². The third kappa shape index (κ3) is 4.69. The molecule has 2 rings (SSSR count). The zero-order valence-corrected chi connectivity index (χ0v) is 14.9. The Hall–Kier alpha value is -2.61. The molecule has 0 spiro atoms. The average molecular weight is 366 g/mol. The van der Waals surface area contributed by atoms with E-state index in [9.17, 15) is 17.6 Å². The Morgan fingerprint density at radius 1 is 1.20 bits per heavy atom. The SMILES string of the molecule is COc1ccc(N(C(C)C(=O)Nc2cccc(F)c2)S(C)(=O)=O)cc1. The van der Waals surface area contributed by atoms with Crippen molar-refractivity contribution in [3.8, 4) is 5.75 Å². The summed E-state index contributed by atoms with van der Waals surface area (Å²) >= 11 is 0. The van der Waals surface area contributed by atoms with Gasteiger partial charge >= 0.3 is 0 Å². The van der Waals surface area contributed by atoms with Crippen LogP contribution in [0, 0.1) is 5.82 Å². The van der Waals surface area contributed by atoms with Crippen molar-refractivity contribution in [3.05, 3.63) is 54.3 Å². The second kappa shape index (κ2) is 7.52. The number of ether oxygens (including phenoxy) is 1. The average Bonchev–Trinajstić information content (AvgIpc) is 2.54. The number of hydrogen-bond acceptors (Lipinski definition) is 4. The Kier molecular flexibility index (Phi) is 5.63. The summed E-state index contributed by atoms with van der Waals surface area (Å²) in [6.45, 7) is 1.46. The number of carbonyl (C=O) groups is 1. The number of amides is 1. The second-order valence-electron chi connectivity index (χ2n) is 5.43. The summed E-state index contributed by atoms with van der Waals surface area (Å²) in [6, 6.07) is 10.6. The maximum Gasteiger partial charge on any atom is 0.247 e. The Morgan fingerprint density at radius 2 is 1.84 bits per heavy atom. The number of halogens is 1. The lowest BCUT2D eigenvalue weighted by molar-refractivity contribution is -0.116. The molecule has 8 heteroatoms. The maximum atomic E-state index is 13.2. The molecular formula is C17H19FN2O4S. The molecule has 2 aromatic carbocycles. The number of anilines is 2. The summed E-state index contributed by atoms with van der Waals surface area (Å²) in [5, 5.41) is 2.52. The molecule has 1 unspecified atom stereocenters. The third-order valence-corrected chi connectivity index (χ3v) is 4.75. The molecule has 0 aliphatic heterocycles. The van der Waals surface area contributed by atoms with Crippen LogP contribution in [-0.4, -0.2) is 33.7 Å². The smallest absolute Gasteiger partial charge is 0.247 e. The van der Waals surface area contributed by atoms with Crippen LogP contribution < -0.4 is 14.4 Å². The van der Waals surface area contributed by atoms with Crippen molar-refractivity contribution >= 4 is 27.3 Å². The van der Waals surface area contributed by atoms with Gasteiger partial charge in [-0.15, -0.1) is 0 Å². The fraction of sp³-hybridized carbons (Fsp3) is 0.235. The van der Waals surface area contributed by atoms with Crippen molar-refractivity contribution in [2.75, 3.05) is 23.0 Å². The van der Waals surface area contributed by atoms with Gasteiger partial charge in [-0.1, -0.05) is 6.07 Å². The van der Waals surface area contributed by atoms with E-state index in [-0.39, 0.29) is 5.69 Å². The first-order valence-electron chi connectivity index (χ1n) is 7.42. The van der Waals surface area contributed by atoms with Gasteiger partial charge in [0.05, 0.1) is 19.1 Å². The van der Waals surface area contributed by atoms with Crippen LogP contribution in [-0.2, 0) is 14.8 Å². The summed E-state index contributed by atoms with van der Waals surface area (Å²) in [5.74, 6) is -0.513. The molecule has 0 aliphatic rings. The molecule has 2 aromatic rings. The fourth-order valence-corrected chi connectivity index (χ4v) is 3.53. The Balaban J connectivity index is 2.29. The van der Waals surface area contributed by atoms with Crippen LogP contribution in [0.15, 0.2) is 48.5 Å². The van der Waals surface area contributed by atoms with Gasteiger partial charge in [-0.05, 0) is 49.4 Å². The molecule has 0 aliphatic carbocycles. The summed E-state index contributed by atoms with van der Waals surface area (Å²) < 4.78 is 43.7. The van der Waals surface area contributed by atoms with Crippen LogP contribution in [0.5, 0.6) is 5.75 Å². The number of carbonyl (C=O) groups excluding carboxylic acids is 1. The lowest BCUT2D eigenvalue weighted by Gasteiger charge is -2.28. The van der Waals surface area contributed by atoms with Crippen LogP contribution in [0.25, 0.3) is 0 Å². The topological polar surface area (TPSA) is 75.7 Å². The minimum absolute atomic E-state index is 0.250. The molecule has 1 N–H and O–H groups in total. The normalized spacial score (nSPS) is 12.3. The summed E-state index contributed by atoms with van der Waals surface area (Å²) in [7, 11) is -2.23. The van der Waals surface area contributed by atoms with Crippen molar-refractivity contribution in [2.45, 2.75) is 13.0 Å². The highest BCUT2D eigenvalue weighted by atomic mass is 32.2. The first-order chi connectivity index (χ1) is 11.7. The van der Waals surface area contributed by atoms with E-state index in [1.54, 1.807) is 24.3 Å². The van der Waals surface area contributed by atoms with Crippen molar-refractivity contribution in [2.24, 2.45) is 0 Å². The second-order valence-corrected chi connectivity index (χ2v) is 7.29. The van der Waals surface area contributed by atoms with Gasteiger partial charge in [0.1, 0.15) is 17.6 Å². The van der Waals surface area contributed by atoms with Gasteiger partial charge in [0.15, 0.2) is 0 Å². The molecule has 1 atom stereocenters. The zero-order valence-electron chi connectivity index (χ0n) is 14.1. The van der Waals surface area contributed by atoms with E-state index in [4.69, 9.17) is 4.74 Å². The minimum atomic E-state index is -3.72. The van der Waals surface area contributed by atoms with Gasteiger partial charge in [-0.25, -0.2) is 12.8 Å². The third-order valence-electron chi connectivity index (χ3n) is 3.51. The van der Waals surface area contributed by atoms with E-state index in [1.807, 2.05) is 0 Å². The lowest BCUT2D eigenvalue weighted by atomic mass is 10.2. The quantitative estimate of drug-likeness (QED) is 0.853. The number of rotatable bonds is 6. The molecule has 0 saturated carbocycles. The highest BCUT2D eigenvalue weighted by Gasteiger charge is 2.29. The fourth-order valence-electron chi connectivity index (χ4n) is 2.35. The van der Waals surface area contributed by atoms with Crippen molar-refractivity contribution in [1.82, 2.24) is 0 Å². The van der Waals surface area contributed by atoms with Gasteiger partial charge in [0.2, 0.25) is 15.9 Å². The Morgan fingerprint density at radius 3 is 2.36 bits per heavy atom. The Bertz CT molecular complexity index is 853. The number of hydrogen-bond donors (Lipinski definition) is 1. The van der Waals surface area contributed by atoms with Crippen LogP contribution >= 0.6 is 0 Å². The molecule has 0 radical (unpaired) electrons. The standard InChI is InChI=1S/C17H19FN2O4S/c1-12(17(21)19-14-6-4-5-13(18)11-14)20(25(3,22)23)15-7-9-16(24-2)10-8-15/h4-12H,1-3H3,(H,19,21). The molecule has 0 heterocycles. The summed E-state index contributed by atoms with van der Waals surface area (Å²) in [5.41, 5.74) is 0.574. The monoisotopic (exact) mass is 366 g/mol. The van der Waals surface area contributed by atoms with Gasteiger partial charge in [0, 0.05) is 5.69 Å². The number of nitrogens with zero attached hydrogens (tertiary/aromatic N) is 1. The highest BCUT2D eigenvalue weighted by Crippen LogP contribution is 2.24. The molecule has 6 nitrogen and oxygen atoms in total. The van der Waals surface area contributed by atoms with Gasteiger partial charge in [-0.3, -0.25) is 9.10 Å². The molecule has 1 amide bonds. The van der Waals surface area contributed by atoms with Crippen LogP contribution in [0.4, 0.5) is 15.8 Å². The predicted octanol–water partition coefficient (Wildman–Crippen LogP) is 2.63. The van der Waals surface area contributed by atoms with Crippen molar-refractivity contribution < 1.29 is 22.3 Å². The Labute approximate surface area is 146 Å². The molecule has 25 heavy (non-hydrogen) atoms. The number of sulfonamides is 1.